The highest BCUT2D eigenvalue weighted by atomic mass is 19.1. The maximum absolute atomic E-state index is 13.9. The lowest BCUT2D eigenvalue weighted by atomic mass is 10.2. The van der Waals surface area contributed by atoms with Gasteiger partial charge in [-0.1, -0.05) is 6.07 Å². The highest BCUT2D eigenvalue weighted by Crippen LogP contribution is 2.20. The predicted octanol–water partition coefficient (Wildman–Crippen LogP) is 1.64. The van der Waals surface area contributed by atoms with Gasteiger partial charge in [-0.25, -0.2) is 9.37 Å². The Hall–Kier alpha value is -3.23. The van der Waals surface area contributed by atoms with Crippen molar-refractivity contribution in [2.75, 3.05) is 31.6 Å². The van der Waals surface area contributed by atoms with E-state index in [2.05, 4.69) is 30.8 Å². The van der Waals surface area contributed by atoms with Crippen LogP contribution < -0.4 is 15.5 Å². The predicted molar refractivity (Wildman–Crippen MR) is 111 cm³/mol. The van der Waals surface area contributed by atoms with Gasteiger partial charge in [-0.3, -0.25) is 9.39 Å². The van der Waals surface area contributed by atoms with Gasteiger partial charge in [-0.05, 0) is 37.1 Å². The quantitative estimate of drug-likeness (QED) is 0.375. The van der Waals surface area contributed by atoms with Crippen LogP contribution >= 0.6 is 0 Å². The third-order valence-electron chi connectivity index (χ3n) is 5.05. The van der Waals surface area contributed by atoms with Crippen molar-refractivity contribution in [2.24, 2.45) is 4.99 Å². The lowest BCUT2D eigenvalue weighted by molar-refractivity contribution is 0.612. The van der Waals surface area contributed by atoms with Crippen molar-refractivity contribution in [3.8, 4) is 0 Å². The van der Waals surface area contributed by atoms with E-state index in [1.807, 2.05) is 33.7 Å². The zero-order chi connectivity index (χ0) is 20.1. The maximum Gasteiger partial charge on any atom is 0.191 e. The van der Waals surface area contributed by atoms with Gasteiger partial charge in [0.05, 0.1) is 0 Å². The molecule has 3 aromatic heterocycles. The van der Waals surface area contributed by atoms with E-state index in [0.29, 0.717) is 12.4 Å². The first-order valence-corrected chi connectivity index (χ1v) is 9.86. The van der Waals surface area contributed by atoms with Crippen LogP contribution in [0.3, 0.4) is 0 Å². The van der Waals surface area contributed by atoms with E-state index in [0.717, 1.165) is 49.8 Å². The summed E-state index contributed by atoms with van der Waals surface area (Å²) in [5.41, 5.74) is 0.864. The average Bonchev–Trinajstić information content (AvgIpc) is 3.38. The van der Waals surface area contributed by atoms with Crippen LogP contribution in [-0.2, 0) is 6.42 Å². The molecule has 0 radical (unpaired) electrons. The Kier molecular flexibility index (Phi) is 5.83. The summed E-state index contributed by atoms with van der Waals surface area (Å²) in [4.78, 5) is 10.4. The molecule has 9 heteroatoms. The fourth-order valence-electron chi connectivity index (χ4n) is 3.58. The summed E-state index contributed by atoms with van der Waals surface area (Å²) in [6.07, 6.45) is 6.24. The van der Waals surface area contributed by atoms with Gasteiger partial charge in [-0.2, -0.15) is 0 Å². The number of anilines is 1. The van der Waals surface area contributed by atoms with Crippen molar-refractivity contribution in [2.45, 2.75) is 25.3 Å². The molecule has 4 rings (SSSR count). The molecule has 152 valence electrons. The van der Waals surface area contributed by atoms with Crippen molar-refractivity contribution in [3.63, 3.8) is 0 Å². The van der Waals surface area contributed by atoms with Crippen LogP contribution in [0.4, 0.5) is 10.2 Å². The Bertz CT molecular complexity index is 985. The molecule has 0 spiro atoms. The van der Waals surface area contributed by atoms with Gasteiger partial charge >= 0.3 is 0 Å². The van der Waals surface area contributed by atoms with Crippen molar-refractivity contribution in [1.82, 2.24) is 30.2 Å². The van der Waals surface area contributed by atoms with Gasteiger partial charge in [0.1, 0.15) is 5.82 Å². The van der Waals surface area contributed by atoms with Crippen molar-refractivity contribution in [3.05, 3.63) is 54.4 Å². The first-order chi connectivity index (χ1) is 14.2. The number of pyridine rings is 2. The van der Waals surface area contributed by atoms with E-state index in [1.54, 1.807) is 19.3 Å². The Balaban J connectivity index is 1.23. The molecule has 1 atom stereocenters. The molecule has 0 bridgehead atoms. The maximum atomic E-state index is 13.9. The van der Waals surface area contributed by atoms with Gasteiger partial charge in [0.15, 0.2) is 23.2 Å². The molecule has 8 nitrogen and oxygen atoms in total. The minimum atomic E-state index is -0.281. The summed E-state index contributed by atoms with van der Waals surface area (Å²) in [5, 5.41) is 15.2. The first-order valence-electron chi connectivity index (χ1n) is 9.86. The minimum absolute atomic E-state index is 0.197. The number of guanidine groups is 1. The van der Waals surface area contributed by atoms with E-state index >= 15 is 0 Å². The summed E-state index contributed by atoms with van der Waals surface area (Å²) < 4.78 is 16.0. The second-order valence-corrected chi connectivity index (χ2v) is 7.03. The number of rotatable bonds is 6. The van der Waals surface area contributed by atoms with Crippen molar-refractivity contribution >= 4 is 17.4 Å². The molecule has 1 unspecified atom stereocenters. The van der Waals surface area contributed by atoms with Crippen LogP contribution in [-0.4, -0.2) is 58.3 Å². The van der Waals surface area contributed by atoms with Gasteiger partial charge in [0.25, 0.3) is 0 Å². The fourth-order valence-corrected chi connectivity index (χ4v) is 3.58. The van der Waals surface area contributed by atoms with Crippen LogP contribution in [0.25, 0.3) is 5.65 Å². The Labute approximate surface area is 168 Å². The Morgan fingerprint density at radius 2 is 2.21 bits per heavy atom. The van der Waals surface area contributed by atoms with Crippen molar-refractivity contribution < 1.29 is 4.39 Å². The molecule has 1 saturated heterocycles. The lowest BCUT2D eigenvalue weighted by Crippen LogP contribution is -2.45. The normalized spacial score (nSPS) is 17.1. The molecule has 1 aliphatic rings. The van der Waals surface area contributed by atoms with E-state index in [1.165, 1.54) is 6.07 Å². The molecule has 3 aromatic rings. The van der Waals surface area contributed by atoms with Crippen LogP contribution in [0, 0.1) is 5.82 Å². The molecular weight excluding hydrogens is 371 g/mol. The van der Waals surface area contributed by atoms with E-state index < -0.39 is 0 Å². The third-order valence-corrected chi connectivity index (χ3v) is 5.05. The highest BCUT2D eigenvalue weighted by Gasteiger charge is 2.25. The number of aromatic nitrogens is 4. The Morgan fingerprint density at radius 1 is 1.28 bits per heavy atom. The molecule has 0 saturated carbocycles. The Morgan fingerprint density at radius 3 is 3.07 bits per heavy atom. The summed E-state index contributed by atoms with van der Waals surface area (Å²) >= 11 is 0. The summed E-state index contributed by atoms with van der Waals surface area (Å²) in [5.74, 6) is 1.84. The van der Waals surface area contributed by atoms with Crippen LogP contribution in [0.1, 0.15) is 18.7 Å². The minimum Gasteiger partial charge on any atom is -0.356 e. The molecule has 0 amide bonds. The number of hydrogen-bond donors (Lipinski definition) is 2. The number of aryl methyl sites for hydroxylation is 1. The number of nitrogens with one attached hydrogen (secondary N) is 2. The topological polar surface area (TPSA) is 82.7 Å². The fraction of sp³-hybridized carbons (Fsp3) is 0.400. The largest absolute Gasteiger partial charge is 0.356 e. The molecule has 0 aliphatic carbocycles. The van der Waals surface area contributed by atoms with Crippen LogP contribution in [0.5, 0.6) is 0 Å². The molecule has 4 heterocycles. The molecule has 29 heavy (non-hydrogen) atoms. The number of aliphatic imine (C=N–C) groups is 1. The molecular formula is C20H25FN8. The van der Waals surface area contributed by atoms with Gasteiger partial charge < -0.3 is 15.5 Å². The monoisotopic (exact) mass is 396 g/mol. The van der Waals surface area contributed by atoms with Crippen LogP contribution in [0.15, 0.2) is 47.7 Å². The number of halogens is 1. The van der Waals surface area contributed by atoms with E-state index in [4.69, 9.17) is 0 Å². The summed E-state index contributed by atoms with van der Waals surface area (Å²) in [6.45, 7) is 2.23. The van der Waals surface area contributed by atoms with Crippen LogP contribution in [0.2, 0.25) is 0 Å². The molecule has 0 aromatic carbocycles. The zero-order valence-corrected chi connectivity index (χ0v) is 16.4. The summed E-state index contributed by atoms with van der Waals surface area (Å²) in [7, 11) is 1.76. The number of nitrogens with zero attached hydrogens (tertiary/aromatic N) is 6. The third kappa shape index (κ3) is 4.44. The standard InChI is InChI=1S/C20H25FN8/c1-22-20(24-11-5-8-18-27-26-17-7-2-3-12-29(17)18)25-15-9-13-28(14-15)19-16(21)6-4-10-23-19/h2-4,6-7,10,12,15H,5,8-9,11,13-14H2,1H3,(H2,22,24,25). The lowest BCUT2D eigenvalue weighted by Gasteiger charge is -2.19. The van der Waals surface area contributed by atoms with E-state index in [9.17, 15) is 4.39 Å². The molecule has 2 N–H and O–H groups in total. The smallest absolute Gasteiger partial charge is 0.191 e. The zero-order valence-electron chi connectivity index (χ0n) is 16.4. The average molecular weight is 396 g/mol. The molecule has 1 aliphatic heterocycles. The van der Waals surface area contributed by atoms with Gasteiger partial charge in [0.2, 0.25) is 0 Å². The number of fused-ring (bicyclic) bond motifs is 1. The second-order valence-electron chi connectivity index (χ2n) is 7.03. The summed E-state index contributed by atoms with van der Waals surface area (Å²) in [6, 6.07) is 9.13. The van der Waals surface area contributed by atoms with Gasteiger partial charge in [0, 0.05) is 51.5 Å². The SMILES string of the molecule is CN=C(NCCCc1nnc2ccccn12)NC1CCN(c2ncccc2F)C1. The second kappa shape index (κ2) is 8.85. The number of hydrogen-bond acceptors (Lipinski definition) is 5. The van der Waals surface area contributed by atoms with E-state index in [-0.39, 0.29) is 11.9 Å². The molecule has 1 fully saturated rings. The first kappa shape index (κ1) is 19.1. The van der Waals surface area contributed by atoms with Crippen molar-refractivity contribution in [1.29, 1.82) is 0 Å². The highest BCUT2D eigenvalue weighted by molar-refractivity contribution is 5.80. The van der Waals surface area contributed by atoms with Gasteiger partial charge in [-0.15, -0.1) is 10.2 Å².